The lowest BCUT2D eigenvalue weighted by Gasteiger charge is -2.16. The van der Waals surface area contributed by atoms with Crippen molar-refractivity contribution in [1.29, 1.82) is 0 Å². The Morgan fingerprint density at radius 2 is 2.16 bits per heavy atom. The summed E-state index contributed by atoms with van der Waals surface area (Å²) in [5.41, 5.74) is 2.75. The van der Waals surface area contributed by atoms with Gasteiger partial charge in [0.1, 0.15) is 5.75 Å². The maximum Gasteiger partial charge on any atom is 0.275 e. The third-order valence-electron chi connectivity index (χ3n) is 4.37. The summed E-state index contributed by atoms with van der Waals surface area (Å²) in [6.45, 7) is 0. The summed E-state index contributed by atoms with van der Waals surface area (Å²) >= 11 is 0. The summed E-state index contributed by atoms with van der Waals surface area (Å²) in [7, 11) is 0. The van der Waals surface area contributed by atoms with Gasteiger partial charge < -0.3 is 5.11 Å². The average molecular weight is 258 g/mol. The molecule has 0 radical (unpaired) electrons. The van der Waals surface area contributed by atoms with Crippen molar-refractivity contribution in [1.82, 2.24) is 5.43 Å². The second kappa shape index (κ2) is 5.03. The largest absolute Gasteiger partial charge is 0.507 e. The molecule has 3 rings (SSSR count). The number of carbonyl (C=O) groups is 1. The van der Waals surface area contributed by atoms with E-state index in [0.717, 1.165) is 11.8 Å². The molecule has 3 atom stereocenters. The van der Waals surface area contributed by atoms with Crippen LogP contribution in [-0.2, 0) is 0 Å². The Kier molecular flexibility index (Phi) is 3.23. The zero-order valence-corrected chi connectivity index (χ0v) is 10.7. The molecule has 2 saturated carbocycles. The highest BCUT2D eigenvalue weighted by atomic mass is 16.3. The summed E-state index contributed by atoms with van der Waals surface area (Å²) in [4.78, 5) is 11.8. The molecule has 19 heavy (non-hydrogen) atoms. The van der Waals surface area contributed by atoms with Crippen LogP contribution in [0.4, 0.5) is 0 Å². The first-order valence-electron chi connectivity index (χ1n) is 6.85. The molecule has 100 valence electrons. The van der Waals surface area contributed by atoms with Gasteiger partial charge in [-0.1, -0.05) is 18.6 Å². The maximum absolute atomic E-state index is 11.8. The molecule has 4 heteroatoms. The number of hydrogen-bond acceptors (Lipinski definition) is 3. The lowest BCUT2D eigenvalue weighted by molar-refractivity contribution is 0.0952. The van der Waals surface area contributed by atoms with Crippen molar-refractivity contribution in [3.63, 3.8) is 0 Å². The first-order chi connectivity index (χ1) is 9.24. The maximum atomic E-state index is 11.8. The number of hydrogen-bond donors (Lipinski definition) is 2. The summed E-state index contributed by atoms with van der Waals surface area (Å²) in [5, 5.41) is 13.6. The fraction of sp³-hybridized carbons (Fsp3) is 0.467. The first-order valence-corrected chi connectivity index (χ1v) is 6.85. The second-order valence-corrected chi connectivity index (χ2v) is 5.57. The van der Waals surface area contributed by atoms with Gasteiger partial charge in [-0.2, -0.15) is 5.10 Å². The summed E-state index contributed by atoms with van der Waals surface area (Å²) in [6, 6.07) is 6.48. The van der Waals surface area contributed by atoms with Gasteiger partial charge in [-0.3, -0.25) is 4.79 Å². The molecule has 2 fully saturated rings. The number of nitrogens with zero attached hydrogens (tertiary/aromatic N) is 1. The highest BCUT2D eigenvalue weighted by Crippen LogP contribution is 2.47. The summed E-state index contributed by atoms with van der Waals surface area (Å²) in [5.74, 6) is 1.77. The van der Waals surface area contributed by atoms with Crippen LogP contribution >= 0.6 is 0 Å². The van der Waals surface area contributed by atoms with Crippen LogP contribution in [0.3, 0.4) is 0 Å². The van der Waals surface area contributed by atoms with Crippen LogP contribution in [0.1, 0.15) is 36.0 Å². The van der Waals surface area contributed by atoms with E-state index in [1.54, 1.807) is 18.2 Å². The molecule has 1 aromatic carbocycles. The number of rotatable bonds is 3. The topological polar surface area (TPSA) is 61.7 Å². The van der Waals surface area contributed by atoms with Crippen molar-refractivity contribution in [2.24, 2.45) is 22.9 Å². The van der Waals surface area contributed by atoms with Gasteiger partial charge >= 0.3 is 0 Å². The molecule has 2 N–H and O–H groups in total. The number of aromatic hydroxyl groups is 1. The van der Waals surface area contributed by atoms with Crippen LogP contribution in [0.5, 0.6) is 5.75 Å². The minimum Gasteiger partial charge on any atom is -0.507 e. The van der Waals surface area contributed by atoms with Crippen LogP contribution in [0, 0.1) is 17.8 Å². The standard InChI is InChI=1S/C15H18N2O2/c18-14-4-2-1-3-13(14)15(19)17-16-9-12-8-10-5-6-11(12)7-10/h1-4,9-12,18H,5-8H2,(H,17,19)/b16-9+. The fourth-order valence-corrected chi connectivity index (χ4v) is 3.39. The van der Waals surface area contributed by atoms with Crippen molar-refractivity contribution >= 4 is 12.1 Å². The monoisotopic (exact) mass is 258 g/mol. The first kappa shape index (κ1) is 12.2. The van der Waals surface area contributed by atoms with Crippen molar-refractivity contribution in [2.75, 3.05) is 0 Å². The lowest BCUT2D eigenvalue weighted by atomic mass is 9.90. The number of carbonyl (C=O) groups excluding carboxylic acids is 1. The van der Waals surface area contributed by atoms with Gasteiger partial charge in [0, 0.05) is 6.21 Å². The van der Waals surface area contributed by atoms with Crippen molar-refractivity contribution in [3.8, 4) is 5.75 Å². The highest BCUT2D eigenvalue weighted by Gasteiger charge is 2.38. The molecule has 0 aliphatic heterocycles. The smallest absolute Gasteiger partial charge is 0.275 e. The number of fused-ring (bicyclic) bond motifs is 2. The average Bonchev–Trinajstić information content (AvgIpc) is 3.01. The van der Waals surface area contributed by atoms with E-state index in [2.05, 4.69) is 10.5 Å². The molecule has 0 heterocycles. The van der Waals surface area contributed by atoms with Crippen LogP contribution < -0.4 is 5.43 Å². The number of para-hydroxylation sites is 1. The van der Waals surface area contributed by atoms with E-state index in [0.29, 0.717) is 5.92 Å². The number of phenols is 1. The van der Waals surface area contributed by atoms with Crippen LogP contribution in [0.15, 0.2) is 29.4 Å². The molecule has 2 aliphatic rings. The Hall–Kier alpha value is -1.84. The molecule has 3 unspecified atom stereocenters. The Balaban J connectivity index is 1.58. The normalized spacial score (nSPS) is 28.9. The van der Waals surface area contributed by atoms with Gasteiger partial charge in [-0.25, -0.2) is 5.43 Å². The Bertz CT molecular complexity index is 513. The van der Waals surface area contributed by atoms with Gasteiger partial charge in [0.15, 0.2) is 0 Å². The minimum atomic E-state index is -0.363. The Morgan fingerprint density at radius 3 is 2.84 bits per heavy atom. The molecule has 1 aromatic rings. The summed E-state index contributed by atoms with van der Waals surface area (Å²) < 4.78 is 0. The van der Waals surface area contributed by atoms with Crippen LogP contribution in [0.25, 0.3) is 0 Å². The Morgan fingerprint density at radius 1 is 1.32 bits per heavy atom. The molecule has 1 amide bonds. The number of nitrogens with one attached hydrogen (secondary N) is 1. The van der Waals surface area contributed by atoms with Gasteiger partial charge in [-0.15, -0.1) is 0 Å². The zero-order chi connectivity index (χ0) is 13.2. The molecule has 0 saturated heterocycles. The van der Waals surface area contributed by atoms with E-state index in [1.807, 2.05) is 6.21 Å². The zero-order valence-electron chi connectivity index (χ0n) is 10.7. The minimum absolute atomic E-state index is 0.0184. The van der Waals surface area contributed by atoms with E-state index < -0.39 is 0 Å². The van der Waals surface area contributed by atoms with Gasteiger partial charge in [0.25, 0.3) is 5.91 Å². The number of benzene rings is 1. The van der Waals surface area contributed by atoms with E-state index in [4.69, 9.17) is 0 Å². The van der Waals surface area contributed by atoms with Gasteiger partial charge in [-0.05, 0) is 49.1 Å². The summed E-state index contributed by atoms with van der Waals surface area (Å²) in [6.07, 6.45) is 7.07. The third kappa shape index (κ3) is 2.48. The molecule has 4 nitrogen and oxygen atoms in total. The van der Waals surface area contributed by atoms with Crippen LogP contribution in [0.2, 0.25) is 0 Å². The molecule has 0 spiro atoms. The fourth-order valence-electron chi connectivity index (χ4n) is 3.39. The van der Waals surface area contributed by atoms with E-state index in [1.165, 1.54) is 31.7 Å². The van der Waals surface area contributed by atoms with Crippen LogP contribution in [-0.4, -0.2) is 17.2 Å². The predicted molar refractivity (Wildman–Crippen MR) is 73.0 cm³/mol. The van der Waals surface area contributed by atoms with Gasteiger partial charge in [0.2, 0.25) is 0 Å². The second-order valence-electron chi connectivity index (χ2n) is 5.57. The molecule has 2 bridgehead atoms. The quantitative estimate of drug-likeness (QED) is 0.646. The van der Waals surface area contributed by atoms with E-state index in [-0.39, 0.29) is 17.2 Å². The van der Waals surface area contributed by atoms with E-state index in [9.17, 15) is 9.90 Å². The van der Waals surface area contributed by atoms with Crippen molar-refractivity contribution in [2.45, 2.75) is 25.7 Å². The Labute approximate surface area is 112 Å². The third-order valence-corrected chi connectivity index (χ3v) is 4.37. The van der Waals surface area contributed by atoms with Crippen molar-refractivity contribution in [3.05, 3.63) is 29.8 Å². The molecule has 0 aromatic heterocycles. The number of hydrazone groups is 1. The van der Waals surface area contributed by atoms with E-state index >= 15 is 0 Å². The number of phenolic OH excluding ortho intramolecular Hbond substituents is 1. The molecular weight excluding hydrogens is 240 g/mol. The van der Waals surface area contributed by atoms with Crippen molar-refractivity contribution < 1.29 is 9.90 Å². The lowest BCUT2D eigenvalue weighted by Crippen LogP contribution is -2.20. The molecular formula is C15H18N2O2. The SMILES string of the molecule is O=C(N/N=C/C1CC2CCC1C2)c1ccccc1O. The van der Waals surface area contributed by atoms with Gasteiger partial charge in [0.05, 0.1) is 5.56 Å². The predicted octanol–water partition coefficient (Wildman–Crippen LogP) is 2.54. The highest BCUT2D eigenvalue weighted by molar-refractivity contribution is 5.96. The molecule has 2 aliphatic carbocycles. The number of amides is 1.